The third-order valence-electron chi connectivity index (χ3n) is 1.73. The minimum Gasteiger partial charge on any atom is -0.381 e. The molecule has 0 unspecified atom stereocenters. The van der Waals surface area contributed by atoms with Crippen molar-refractivity contribution < 1.29 is 9.90 Å². The van der Waals surface area contributed by atoms with Crippen molar-refractivity contribution in [3.63, 3.8) is 0 Å². The molecule has 0 bridgehead atoms. The van der Waals surface area contributed by atoms with Crippen LogP contribution in [0.5, 0.6) is 0 Å². The van der Waals surface area contributed by atoms with Gasteiger partial charge in [-0.25, -0.2) is 0 Å². The zero-order chi connectivity index (χ0) is 11.6. The number of carbonyl (C=O) groups excluding carboxylic acids is 1. The van der Waals surface area contributed by atoms with Gasteiger partial charge in [-0.2, -0.15) is 0 Å². The van der Waals surface area contributed by atoms with Crippen LogP contribution in [0.25, 0.3) is 0 Å². The number of amides is 1. The first-order valence-electron chi connectivity index (χ1n) is 4.29. The van der Waals surface area contributed by atoms with Gasteiger partial charge in [-0.05, 0) is 48.0 Å². The number of anilines is 1. The van der Waals surface area contributed by atoms with Gasteiger partial charge in [0.25, 0.3) is 5.91 Å². The van der Waals surface area contributed by atoms with Crippen molar-refractivity contribution in [3.05, 3.63) is 27.7 Å². The third-order valence-corrected chi connectivity index (χ3v) is 2.95. The Morgan fingerprint density at radius 2 is 2.13 bits per heavy atom. The normalized spacial score (nSPS) is 11.3. The molecule has 0 radical (unpaired) electrons. The number of nitrogens with one attached hydrogen (secondary N) is 1. The molecule has 1 rings (SSSR count). The van der Waals surface area contributed by atoms with E-state index < -0.39 is 11.5 Å². The third kappa shape index (κ3) is 3.48. The Hall–Kier alpha value is -0.580. The molecule has 3 nitrogen and oxygen atoms in total. The zero-order valence-corrected chi connectivity index (χ0v) is 10.7. The summed E-state index contributed by atoms with van der Waals surface area (Å²) in [6.07, 6.45) is 0. The molecule has 0 aliphatic heterocycles. The average molecular weight is 293 g/mol. The van der Waals surface area contributed by atoms with Crippen molar-refractivity contribution in [2.75, 3.05) is 5.32 Å². The quantitative estimate of drug-likeness (QED) is 0.880. The molecule has 0 spiro atoms. The van der Waals surface area contributed by atoms with Gasteiger partial charge in [-0.1, -0.05) is 11.6 Å². The molecule has 82 valence electrons. The second kappa shape index (κ2) is 4.51. The molecular formula is C10H11BrClNO2. The highest BCUT2D eigenvalue weighted by Gasteiger charge is 2.23. The minimum absolute atomic E-state index is 0.461. The number of rotatable bonds is 2. The maximum atomic E-state index is 11.4. The lowest BCUT2D eigenvalue weighted by molar-refractivity contribution is -0.130. The molecule has 1 amide bonds. The number of carbonyl (C=O) groups is 1. The summed E-state index contributed by atoms with van der Waals surface area (Å²) in [5.74, 6) is -0.461. The maximum Gasteiger partial charge on any atom is 0.255 e. The molecule has 1 aromatic rings. The summed E-state index contributed by atoms with van der Waals surface area (Å²) in [5.41, 5.74) is -0.815. The molecule has 0 saturated carbocycles. The van der Waals surface area contributed by atoms with Crippen LogP contribution in [0.3, 0.4) is 0 Å². The average Bonchev–Trinajstić information content (AvgIpc) is 2.10. The molecular weight excluding hydrogens is 281 g/mol. The zero-order valence-electron chi connectivity index (χ0n) is 8.34. The van der Waals surface area contributed by atoms with Gasteiger partial charge < -0.3 is 10.4 Å². The van der Waals surface area contributed by atoms with Gasteiger partial charge in [-0.3, -0.25) is 4.79 Å². The van der Waals surface area contributed by atoms with E-state index in [0.29, 0.717) is 15.2 Å². The van der Waals surface area contributed by atoms with Crippen molar-refractivity contribution in [2.24, 2.45) is 0 Å². The second-order valence-corrected chi connectivity index (χ2v) is 4.90. The predicted octanol–water partition coefficient (Wildman–Crippen LogP) is 2.81. The van der Waals surface area contributed by atoms with E-state index in [0.717, 1.165) is 0 Å². The van der Waals surface area contributed by atoms with E-state index in [2.05, 4.69) is 21.2 Å². The molecule has 0 atom stereocenters. The van der Waals surface area contributed by atoms with Gasteiger partial charge >= 0.3 is 0 Å². The molecule has 15 heavy (non-hydrogen) atoms. The Morgan fingerprint density at radius 3 is 2.60 bits per heavy atom. The SMILES string of the molecule is CC(C)(O)C(=O)Nc1ccc(Cl)c(Br)c1. The van der Waals surface area contributed by atoms with E-state index in [1.807, 2.05) is 0 Å². The Kier molecular flexibility index (Phi) is 3.76. The Bertz CT molecular complexity index is 387. The van der Waals surface area contributed by atoms with Crippen molar-refractivity contribution in [1.82, 2.24) is 0 Å². The summed E-state index contributed by atoms with van der Waals surface area (Å²) in [4.78, 5) is 11.4. The second-order valence-electron chi connectivity index (χ2n) is 3.64. The van der Waals surface area contributed by atoms with Gasteiger partial charge in [0.2, 0.25) is 0 Å². The summed E-state index contributed by atoms with van der Waals surface area (Å²) < 4.78 is 0.692. The number of hydrogen-bond acceptors (Lipinski definition) is 2. The number of hydrogen-bond donors (Lipinski definition) is 2. The Morgan fingerprint density at radius 1 is 1.53 bits per heavy atom. The van der Waals surface area contributed by atoms with Gasteiger partial charge in [0.05, 0.1) is 5.02 Å². The van der Waals surface area contributed by atoms with Crippen LogP contribution in [0, 0.1) is 0 Å². The molecule has 2 N–H and O–H groups in total. The Balaban J connectivity index is 2.83. The predicted molar refractivity (Wildman–Crippen MR) is 64.1 cm³/mol. The summed E-state index contributed by atoms with van der Waals surface area (Å²) in [6.45, 7) is 2.85. The molecule has 5 heteroatoms. The molecule has 0 aliphatic carbocycles. The van der Waals surface area contributed by atoms with Crippen LogP contribution in [0.1, 0.15) is 13.8 Å². The molecule has 0 saturated heterocycles. The smallest absolute Gasteiger partial charge is 0.255 e. The fourth-order valence-electron chi connectivity index (χ4n) is 0.858. The van der Waals surface area contributed by atoms with E-state index >= 15 is 0 Å². The summed E-state index contributed by atoms with van der Waals surface area (Å²) >= 11 is 9.04. The molecule has 0 aliphatic rings. The minimum atomic E-state index is -1.40. The van der Waals surface area contributed by atoms with Crippen molar-refractivity contribution >= 4 is 39.1 Å². The van der Waals surface area contributed by atoms with Crippen molar-refractivity contribution in [3.8, 4) is 0 Å². The van der Waals surface area contributed by atoms with Crippen molar-refractivity contribution in [2.45, 2.75) is 19.4 Å². The maximum absolute atomic E-state index is 11.4. The molecule has 0 heterocycles. The van der Waals surface area contributed by atoms with Crippen LogP contribution in [0.15, 0.2) is 22.7 Å². The standard InChI is InChI=1S/C10H11BrClNO2/c1-10(2,15)9(14)13-6-3-4-8(12)7(11)5-6/h3-5,15H,1-2H3,(H,13,14). The molecule has 1 aromatic carbocycles. The number of aliphatic hydroxyl groups is 1. The van der Waals surface area contributed by atoms with Crippen LogP contribution >= 0.6 is 27.5 Å². The lowest BCUT2D eigenvalue weighted by Gasteiger charge is -2.16. The highest BCUT2D eigenvalue weighted by molar-refractivity contribution is 9.10. The van der Waals surface area contributed by atoms with Gasteiger partial charge in [0, 0.05) is 10.2 Å². The highest BCUT2D eigenvalue weighted by Crippen LogP contribution is 2.25. The summed E-state index contributed by atoms with van der Waals surface area (Å²) in [6, 6.07) is 4.99. The van der Waals surface area contributed by atoms with E-state index in [4.69, 9.17) is 11.6 Å². The van der Waals surface area contributed by atoms with E-state index in [1.165, 1.54) is 13.8 Å². The summed E-state index contributed by atoms with van der Waals surface area (Å²) in [5, 5.41) is 12.6. The number of halogens is 2. The van der Waals surface area contributed by atoms with E-state index in [1.54, 1.807) is 18.2 Å². The van der Waals surface area contributed by atoms with Crippen LogP contribution < -0.4 is 5.32 Å². The van der Waals surface area contributed by atoms with Crippen LogP contribution in [0.4, 0.5) is 5.69 Å². The van der Waals surface area contributed by atoms with Crippen LogP contribution in [-0.4, -0.2) is 16.6 Å². The lowest BCUT2D eigenvalue weighted by atomic mass is 10.1. The van der Waals surface area contributed by atoms with Crippen LogP contribution in [-0.2, 0) is 4.79 Å². The summed E-state index contributed by atoms with van der Waals surface area (Å²) in [7, 11) is 0. The Labute approximate surface area is 102 Å². The van der Waals surface area contributed by atoms with E-state index in [-0.39, 0.29) is 0 Å². The molecule has 0 fully saturated rings. The van der Waals surface area contributed by atoms with Crippen LogP contribution in [0.2, 0.25) is 5.02 Å². The first-order valence-corrected chi connectivity index (χ1v) is 5.46. The fourth-order valence-corrected chi connectivity index (χ4v) is 1.35. The number of benzene rings is 1. The first kappa shape index (κ1) is 12.5. The van der Waals surface area contributed by atoms with Crippen molar-refractivity contribution in [1.29, 1.82) is 0 Å². The van der Waals surface area contributed by atoms with E-state index in [9.17, 15) is 9.90 Å². The highest BCUT2D eigenvalue weighted by atomic mass is 79.9. The largest absolute Gasteiger partial charge is 0.381 e. The molecule has 0 aromatic heterocycles. The monoisotopic (exact) mass is 291 g/mol. The first-order chi connectivity index (χ1) is 6.80. The van der Waals surface area contributed by atoms with Gasteiger partial charge in [-0.15, -0.1) is 0 Å². The fraction of sp³-hybridized carbons (Fsp3) is 0.300. The van der Waals surface area contributed by atoms with Gasteiger partial charge in [0.15, 0.2) is 0 Å². The van der Waals surface area contributed by atoms with Gasteiger partial charge in [0.1, 0.15) is 5.60 Å². The topological polar surface area (TPSA) is 49.3 Å². The lowest BCUT2D eigenvalue weighted by Crippen LogP contribution is -2.36.